The molecular formula is C15H24N2O2S. The summed E-state index contributed by atoms with van der Waals surface area (Å²) in [4.78, 5) is 13.0. The zero-order valence-corrected chi connectivity index (χ0v) is 13.6. The van der Waals surface area contributed by atoms with Crippen molar-refractivity contribution in [1.82, 2.24) is 0 Å². The minimum Gasteiger partial charge on any atom is -0.383 e. The molecule has 112 valence electrons. The Balaban J connectivity index is 2.76. The lowest BCUT2D eigenvalue weighted by molar-refractivity contribution is -0.118. The SMILES string of the molecule is COCC(N)C(=O)Nc1ccc(SC(C)(C)C)cc1C. The molecular weight excluding hydrogens is 272 g/mol. The Morgan fingerprint density at radius 1 is 1.45 bits per heavy atom. The molecule has 1 aromatic rings. The van der Waals surface area contributed by atoms with Gasteiger partial charge in [0.05, 0.1) is 6.61 Å². The first-order valence-corrected chi connectivity index (χ1v) is 7.39. The maximum absolute atomic E-state index is 11.8. The van der Waals surface area contributed by atoms with E-state index in [4.69, 9.17) is 10.5 Å². The Labute approximate surface area is 125 Å². The van der Waals surface area contributed by atoms with Crippen molar-refractivity contribution in [2.45, 2.75) is 43.4 Å². The zero-order valence-electron chi connectivity index (χ0n) is 12.8. The van der Waals surface area contributed by atoms with Gasteiger partial charge in [-0.15, -0.1) is 11.8 Å². The Bertz CT molecular complexity index is 469. The minimum atomic E-state index is -0.650. The minimum absolute atomic E-state index is 0.165. The van der Waals surface area contributed by atoms with Gasteiger partial charge in [-0.25, -0.2) is 0 Å². The van der Waals surface area contributed by atoms with Crippen LogP contribution in [0.25, 0.3) is 0 Å². The van der Waals surface area contributed by atoms with Crippen molar-refractivity contribution in [3.8, 4) is 0 Å². The van der Waals surface area contributed by atoms with Crippen LogP contribution in [0.1, 0.15) is 26.3 Å². The van der Waals surface area contributed by atoms with E-state index < -0.39 is 6.04 Å². The first-order chi connectivity index (χ1) is 9.23. The number of aryl methyl sites for hydroxylation is 1. The van der Waals surface area contributed by atoms with Gasteiger partial charge in [-0.3, -0.25) is 4.79 Å². The van der Waals surface area contributed by atoms with E-state index in [9.17, 15) is 4.79 Å². The Morgan fingerprint density at radius 3 is 2.60 bits per heavy atom. The predicted octanol–water partition coefficient (Wildman–Crippen LogP) is 2.80. The monoisotopic (exact) mass is 296 g/mol. The average molecular weight is 296 g/mol. The fraction of sp³-hybridized carbons (Fsp3) is 0.533. The number of rotatable bonds is 5. The van der Waals surface area contributed by atoms with Gasteiger partial charge < -0.3 is 15.8 Å². The molecule has 0 aromatic heterocycles. The summed E-state index contributed by atoms with van der Waals surface area (Å²) in [5, 5.41) is 2.83. The summed E-state index contributed by atoms with van der Waals surface area (Å²) in [5.74, 6) is -0.230. The van der Waals surface area contributed by atoms with Gasteiger partial charge in [-0.2, -0.15) is 0 Å². The summed E-state index contributed by atoms with van der Waals surface area (Å²) in [6, 6.07) is 5.36. The van der Waals surface area contributed by atoms with Crippen LogP contribution in [-0.4, -0.2) is 30.4 Å². The quantitative estimate of drug-likeness (QED) is 0.820. The molecule has 20 heavy (non-hydrogen) atoms. The Kier molecular flexibility index (Phi) is 6.05. The first kappa shape index (κ1) is 17.0. The Hall–Kier alpha value is -1.04. The lowest BCUT2D eigenvalue weighted by Gasteiger charge is -2.19. The summed E-state index contributed by atoms with van der Waals surface area (Å²) >= 11 is 1.80. The molecule has 1 aromatic carbocycles. The number of benzene rings is 1. The summed E-state index contributed by atoms with van der Waals surface area (Å²) < 4.78 is 5.04. The molecule has 4 nitrogen and oxygen atoms in total. The number of hydrogen-bond acceptors (Lipinski definition) is 4. The largest absolute Gasteiger partial charge is 0.383 e. The van der Waals surface area contributed by atoms with Crippen molar-refractivity contribution in [1.29, 1.82) is 0 Å². The normalized spacial score (nSPS) is 13.1. The first-order valence-electron chi connectivity index (χ1n) is 6.58. The molecule has 1 rings (SSSR count). The van der Waals surface area contributed by atoms with Crippen LogP contribution in [-0.2, 0) is 9.53 Å². The fourth-order valence-electron chi connectivity index (χ4n) is 1.67. The smallest absolute Gasteiger partial charge is 0.243 e. The fourth-order valence-corrected chi connectivity index (χ4v) is 2.75. The van der Waals surface area contributed by atoms with Crippen molar-refractivity contribution >= 4 is 23.4 Å². The summed E-state index contributed by atoms with van der Waals surface area (Å²) in [7, 11) is 1.52. The van der Waals surface area contributed by atoms with Crippen molar-refractivity contribution in [3.05, 3.63) is 23.8 Å². The Morgan fingerprint density at radius 2 is 2.10 bits per heavy atom. The molecule has 1 atom stereocenters. The van der Waals surface area contributed by atoms with E-state index in [0.29, 0.717) is 0 Å². The molecule has 0 aliphatic carbocycles. The van der Waals surface area contributed by atoms with Crippen LogP contribution in [0.3, 0.4) is 0 Å². The van der Waals surface area contributed by atoms with E-state index in [2.05, 4.69) is 32.2 Å². The topological polar surface area (TPSA) is 64.3 Å². The van der Waals surface area contributed by atoms with Crippen LogP contribution in [0.15, 0.2) is 23.1 Å². The summed E-state index contributed by atoms with van der Waals surface area (Å²) in [6.45, 7) is 8.71. The third kappa shape index (κ3) is 5.53. The lowest BCUT2D eigenvalue weighted by atomic mass is 10.2. The molecule has 5 heteroatoms. The molecule has 0 aliphatic heterocycles. The van der Waals surface area contributed by atoms with Crippen molar-refractivity contribution in [2.75, 3.05) is 19.0 Å². The van der Waals surface area contributed by atoms with E-state index in [-0.39, 0.29) is 17.3 Å². The summed E-state index contributed by atoms with van der Waals surface area (Å²) in [6.07, 6.45) is 0. The molecule has 0 heterocycles. The van der Waals surface area contributed by atoms with Gasteiger partial charge in [0, 0.05) is 22.4 Å². The lowest BCUT2D eigenvalue weighted by Crippen LogP contribution is -2.39. The highest BCUT2D eigenvalue weighted by Gasteiger charge is 2.15. The van der Waals surface area contributed by atoms with Crippen LogP contribution in [0.2, 0.25) is 0 Å². The highest BCUT2D eigenvalue weighted by molar-refractivity contribution is 8.00. The van der Waals surface area contributed by atoms with E-state index in [1.165, 1.54) is 12.0 Å². The van der Waals surface area contributed by atoms with Crippen LogP contribution in [0.5, 0.6) is 0 Å². The molecule has 0 bridgehead atoms. The van der Waals surface area contributed by atoms with E-state index in [1.54, 1.807) is 11.8 Å². The number of amides is 1. The molecule has 0 radical (unpaired) electrons. The van der Waals surface area contributed by atoms with Gasteiger partial charge in [0.2, 0.25) is 5.91 Å². The van der Waals surface area contributed by atoms with E-state index in [1.807, 2.05) is 19.1 Å². The molecule has 1 unspecified atom stereocenters. The average Bonchev–Trinajstić information content (AvgIpc) is 2.30. The highest BCUT2D eigenvalue weighted by Crippen LogP contribution is 2.33. The molecule has 0 saturated carbocycles. The number of thioether (sulfide) groups is 1. The second-order valence-corrected chi connectivity index (χ2v) is 7.64. The molecule has 3 N–H and O–H groups in total. The number of carbonyl (C=O) groups excluding carboxylic acids is 1. The number of methoxy groups -OCH3 is 1. The third-order valence-corrected chi connectivity index (χ3v) is 3.66. The van der Waals surface area contributed by atoms with Crippen molar-refractivity contribution in [2.24, 2.45) is 5.73 Å². The van der Waals surface area contributed by atoms with Crippen LogP contribution < -0.4 is 11.1 Å². The van der Waals surface area contributed by atoms with Gasteiger partial charge in [-0.1, -0.05) is 20.8 Å². The second-order valence-electron chi connectivity index (χ2n) is 5.74. The number of hydrogen-bond donors (Lipinski definition) is 2. The zero-order chi connectivity index (χ0) is 15.3. The maximum Gasteiger partial charge on any atom is 0.243 e. The van der Waals surface area contributed by atoms with Crippen LogP contribution in [0.4, 0.5) is 5.69 Å². The van der Waals surface area contributed by atoms with E-state index in [0.717, 1.165) is 11.3 Å². The predicted molar refractivity (Wildman–Crippen MR) is 85.3 cm³/mol. The molecule has 0 spiro atoms. The molecule has 0 fully saturated rings. The summed E-state index contributed by atoms with van der Waals surface area (Å²) in [5.41, 5.74) is 7.51. The number of nitrogens with one attached hydrogen (secondary N) is 1. The second kappa shape index (κ2) is 7.11. The molecule has 0 saturated heterocycles. The van der Waals surface area contributed by atoms with Gasteiger partial charge >= 0.3 is 0 Å². The van der Waals surface area contributed by atoms with Crippen LogP contribution in [0, 0.1) is 6.92 Å². The van der Waals surface area contributed by atoms with Gasteiger partial charge in [0.1, 0.15) is 6.04 Å². The number of nitrogens with two attached hydrogens (primary N) is 1. The van der Waals surface area contributed by atoms with Crippen molar-refractivity contribution < 1.29 is 9.53 Å². The number of anilines is 1. The molecule has 0 aliphatic rings. The van der Waals surface area contributed by atoms with Gasteiger partial charge in [0.25, 0.3) is 0 Å². The third-order valence-electron chi connectivity index (χ3n) is 2.56. The van der Waals surface area contributed by atoms with Crippen molar-refractivity contribution in [3.63, 3.8) is 0 Å². The number of carbonyl (C=O) groups is 1. The van der Waals surface area contributed by atoms with Crippen LogP contribution >= 0.6 is 11.8 Å². The van der Waals surface area contributed by atoms with Gasteiger partial charge in [0.15, 0.2) is 0 Å². The number of ether oxygens (including phenoxy) is 1. The highest BCUT2D eigenvalue weighted by atomic mass is 32.2. The standard InChI is InChI=1S/C15H24N2O2S/c1-10-8-11(20-15(2,3)4)6-7-13(10)17-14(18)12(16)9-19-5/h6-8,12H,9,16H2,1-5H3,(H,17,18). The molecule has 1 amide bonds. The maximum atomic E-state index is 11.8. The van der Waals surface area contributed by atoms with E-state index >= 15 is 0 Å². The van der Waals surface area contributed by atoms with Gasteiger partial charge in [-0.05, 0) is 30.7 Å².